The van der Waals surface area contributed by atoms with Crippen LogP contribution in [0.4, 0.5) is 5.69 Å². The first-order chi connectivity index (χ1) is 10.2. The predicted molar refractivity (Wildman–Crippen MR) is 89.0 cm³/mol. The second-order valence-corrected chi connectivity index (χ2v) is 7.25. The van der Waals surface area contributed by atoms with Gasteiger partial charge in [0.05, 0.1) is 4.88 Å². The zero-order valence-corrected chi connectivity index (χ0v) is 13.0. The van der Waals surface area contributed by atoms with Gasteiger partial charge in [0.2, 0.25) is 0 Å². The predicted octanol–water partition coefficient (Wildman–Crippen LogP) is 3.74. The quantitative estimate of drug-likeness (QED) is 0.695. The van der Waals surface area contributed by atoms with Gasteiger partial charge in [-0.15, -0.1) is 22.7 Å². The van der Waals surface area contributed by atoms with Gasteiger partial charge in [0.1, 0.15) is 0 Å². The average Bonchev–Trinajstić information content (AvgIpc) is 3.07. The second kappa shape index (κ2) is 4.86. The molecule has 1 aromatic carbocycles. The smallest absolute Gasteiger partial charge is 0.264 e. The highest BCUT2D eigenvalue weighted by Gasteiger charge is 2.24. The van der Waals surface area contributed by atoms with Crippen molar-refractivity contribution < 1.29 is 4.79 Å². The fraction of sp³-hybridized carbons (Fsp3) is 0.188. The lowest BCUT2D eigenvalue weighted by Gasteiger charge is -2.29. The Kier molecular flexibility index (Phi) is 2.97. The fourth-order valence-electron chi connectivity index (χ4n) is 2.84. The van der Waals surface area contributed by atoms with Gasteiger partial charge in [-0.2, -0.15) is 0 Å². The van der Waals surface area contributed by atoms with Crippen molar-refractivity contribution in [2.24, 2.45) is 0 Å². The summed E-state index contributed by atoms with van der Waals surface area (Å²) in [5.41, 5.74) is 9.23. The minimum absolute atomic E-state index is 0.136. The van der Waals surface area contributed by atoms with Crippen LogP contribution in [0.3, 0.4) is 0 Å². The van der Waals surface area contributed by atoms with Gasteiger partial charge in [0.25, 0.3) is 5.91 Å². The Morgan fingerprint density at radius 1 is 1.24 bits per heavy atom. The number of nitrogen functional groups attached to an aromatic ring is 1. The molecule has 4 rings (SSSR count). The zero-order chi connectivity index (χ0) is 14.4. The van der Waals surface area contributed by atoms with E-state index >= 15 is 0 Å². The molecular formula is C16H14N2OS2. The maximum atomic E-state index is 12.7. The van der Waals surface area contributed by atoms with E-state index in [1.54, 1.807) is 22.7 Å². The van der Waals surface area contributed by atoms with Gasteiger partial charge in [-0.3, -0.25) is 4.79 Å². The van der Waals surface area contributed by atoms with Crippen molar-refractivity contribution in [2.45, 2.75) is 13.0 Å². The number of rotatable bonds is 1. The molecule has 2 aromatic heterocycles. The van der Waals surface area contributed by atoms with Gasteiger partial charge in [0.15, 0.2) is 0 Å². The highest BCUT2D eigenvalue weighted by Crippen LogP contribution is 2.32. The molecule has 3 aromatic rings. The molecule has 1 amide bonds. The van der Waals surface area contributed by atoms with Crippen LogP contribution < -0.4 is 5.73 Å². The number of thiophene rings is 2. The molecule has 2 N–H and O–H groups in total. The summed E-state index contributed by atoms with van der Waals surface area (Å²) in [7, 11) is 0. The first-order valence-corrected chi connectivity index (χ1v) is 8.54. The van der Waals surface area contributed by atoms with E-state index < -0.39 is 0 Å². The van der Waals surface area contributed by atoms with Gasteiger partial charge in [0, 0.05) is 28.2 Å². The van der Waals surface area contributed by atoms with Crippen LogP contribution in [0.1, 0.15) is 20.8 Å². The van der Waals surface area contributed by atoms with Crippen LogP contribution in [0.2, 0.25) is 0 Å². The normalized spacial score (nSPS) is 14.4. The Morgan fingerprint density at radius 2 is 2.14 bits per heavy atom. The van der Waals surface area contributed by atoms with E-state index in [0.29, 0.717) is 6.54 Å². The molecule has 0 radical (unpaired) electrons. The van der Waals surface area contributed by atoms with E-state index in [-0.39, 0.29) is 5.91 Å². The number of nitrogens with two attached hydrogens (primary N) is 1. The Labute approximate surface area is 130 Å². The van der Waals surface area contributed by atoms with Gasteiger partial charge in [-0.05, 0) is 41.1 Å². The Balaban J connectivity index is 1.63. The maximum absolute atomic E-state index is 12.7. The lowest BCUT2D eigenvalue weighted by atomic mass is 9.98. The SMILES string of the molecule is Nc1cccc2c1CCN(C(=O)c1cc3sccc3s1)C2. The molecule has 0 saturated heterocycles. The maximum Gasteiger partial charge on any atom is 0.264 e. The van der Waals surface area contributed by atoms with Gasteiger partial charge in [-0.1, -0.05) is 12.1 Å². The largest absolute Gasteiger partial charge is 0.398 e. The topological polar surface area (TPSA) is 46.3 Å². The molecule has 0 bridgehead atoms. The molecule has 21 heavy (non-hydrogen) atoms. The summed E-state index contributed by atoms with van der Waals surface area (Å²) >= 11 is 3.27. The van der Waals surface area contributed by atoms with Crippen molar-refractivity contribution in [1.82, 2.24) is 4.90 Å². The van der Waals surface area contributed by atoms with Crippen molar-refractivity contribution in [2.75, 3.05) is 12.3 Å². The highest BCUT2D eigenvalue weighted by molar-refractivity contribution is 7.27. The van der Waals surface area contributed by atoms with Crippen molar-refractivity contribution in [3.63, 3.8) is 0 Å². The van der Waals surface area contributed by atoms with E-state index in [1.165, 1.54) is 20.5 Å². The summed E-state index contributed by atoms with van der Waals surface area (Å²) < 4.78 is 2.40. The number of carbonyl (C=O) groups excluding carboxylic acids is 1. The molecule has 0 atom stereocenters. The highest BCUT2D eigenvalue weighted by atomic mass is 32.1. The zero-order valence-electron chi connectivity index (χ0n) is 11.3. The molecular weight excluding hydrogens is 300 g/mol. The summed E-state index contributed by atoms with van der Waals surface area (Å²) in [5.74, 6) is 0.136. The van der Waals surface area contributed by atoms with E-state index in [9.17, 15) is 4.79 Å². The van der Waals surface area contributed by atoms with Gasteiger partial charge in [-0.25, -0.2) is 0 Å². The molecule has 106 valence electrons. The molecule has 3 nitrogen and oxygen atoms in total. The third-order valence-corrected chi connectivity index (χ3v) is 6.02. The number of fused-ring (bicyclic) bond motifs is 2. The minimum atomic E-state index is 0.136. The Morgan fingerprint density at radius 3 is 3.00 bits per heavy atom. The van der Waals surface area contributed by atoms with Crippen LogP contribution >= 0.6 is 22.7 Å². The number of benzene rings is 1. The number of carbonyl (C=O) groups is 1. The number of amides is 1. The molecule has 1 aliphatic rings. The second-order valence-electron chi connectivity index (χ2n) is 5.22. The summed E-state index contributed by atoms with van der Waals surface area (Å²) in [4.78, 5) is 15.4. The Hall–Kier alpha value is -1.85. The average molecular weight is 314 g/mol. The Bertz CT molecular complexity index is 805. The molecule has 0 spiro atoms. The molecule has 0 aliphatic carbocycles. The fourth-order valence-corrected chi connectivity index (χ4v) is 4.92. The third-order valence-electron chi connectivity index (χ3n) is 3.94. The molecule has 0 saturated carbocycles. The molecule has 3 heterocycles. The summed E-state index contributed by atoms with van der Waals surface area (Å²) in [6.07, 6.45) is 0.841. The van der Waals surface area contributed by atoms with Crippen molar-refractivity contribution >= 4 is 43.7 Å². The van der Waals surface area contributed by atoms with E-state index in [2.05, 4.69) is 17.5 Å². The number of anilines is 1. The lowest BCUT2D eigenvalue weighted by Crippen LogP contribution is -2.35. The molecule has 0 unspecified atom stereocenters. The van der Waals surface area contributed by atoms with Crippen LogP contribution in [-0.2, 0) is 13.0 Å². The van der Waals surface area contributed by atoms with E-state index in [4.69, 9.17) is 5.73 Å². The summed E-state index contributed by atoms with van der Waals surface area (Å²) in [6, 6.07) is 10.1. The van der Waals surface area contributed by atoms with Crippen molar-refractivity contribution in [3.05, 3.63) is 51.7 Å². The number of nitrogens with zero attached hydrogens (tertiary/aromatic N) is 1. The van der Waals surface area contributed by atoms with Gasteiger partial charge >= 0.3 is 0 Å². The van der Waals surface area contributed by atoms with Crippen LogP contribution in [0.15, 0.2) is 35.7 Å². The molecule has 1 aliphatic heterocycles. The number of hydrogen-bond donors (Lipinski definition) is 1. The lowest BCUT2D eigenvalue weighted by molar-refractivity contribution is 0.0740. The number of hydrogen-bond acceptors (Lipinski definition) is 4. The van der Waals surface area contributed by atoms with Crippen LogP contribution in [0, 0.1) is 0 Å². The summed E-state index contributed by atoms with van der Waals surface area (Å²) in [5, 5.41) is 2.06. The molecule has 5 heteroatoms. The van der Waals surface area contributed by atoms with Crippen molar-refractivity contribution in [1.29, 1.82) is 0 Å². The third kappa shape index (κ3) is 2.13. The van der Waals surface area contributed by atoms with E-state index in [0.717, 1.165) is 23.5 Å². The van der Waals surface area contributed by atoms with Gasteiger partial charge < -0.3 is 10.6 Å². The van der Waals surface area contributed by atoms with Crippen molar-refractivity contribution in [3.8, 4) is 0 Å². The van der Waals surface area contributed by atoms with Crippen LogP contribution in [0.25, 0.3) is 9.40 Å². The molecule has 0 fully saturated rings. The summed E-state index contributed by atoms with van der Waals surface area (Å²) in [6.45, 7) is 1.40. The van der Waals surface area contributed by atoms with Crippen LogP contribution in [-0.4, -0.2) is 17.4 Å². The van der Waals surface area contributed by atoms with Crippen LogP contribution in [0.5, 0.6) is 0 Å². The standard InChI is InChI=1S/C16H14N2OS2/c17-12-3-1-2-10-9-18(6-4-11(10)12)16(19)15-8-14-13(21-15)5-7-20-14/h1-3,5,7-8H,4,6,9,17H2. The minimum Gasteiger partial charge on any atom is -0.398 e. The first-order valence-electron chi connectivity index (χ1n) is 6.85. The van der Waals surface area contributed by atoms with E-state index in [1.807, 2.05) is 23.1 Å². The first kappa shape index (κ1) is 12.9. The monoisotopic (exact) mass is 314 g/mol.